The van der Waals surface area contributed by atoms with Crippen molar-refractivity contribution < 1.29 is 0 Å². The van der Waals surface area contributed by atoms with Gasteiger partial charge in [-0.2, -0.15) is 0 Å². The van der Waals surface area contributed by atoms with Crippen LogP contribution in [-0.4, -0.2) is 38.1 Å². The van der Waals surface area contributed by atoms with Crippen LogP contribution in [0.5, 0.6) is 0 Å². The Morgan fingerprint density at radius 3 is 2.00 bits per heavy atom. The molecule has 1 fully saturated rings. The van der Waals surface area contributed by atoms with Gasteiger partial charge in [0.2, 0.25) is 0 Å². The summed E-state index contributed by atoms with van der Waals surface area (Å²) in [6.45, 7) is 9.45. The summed E-state index contributed by atoms with van der Waals surface area (Å²) in [5, 5.41) is 3.43. The lowest BCUT2D eigenvalue weighted by atomic mass is 9.79. The summed E-state index contributed by atoms with van der Waals surface area (Å²) in [5.74, 6) is 0. The van der Waals surface area contributed by atoms with Gasteiger partial charge >= 0.3 is 0 Å². The second kappa shape index (κ2) is 7.29. The van der Waals surface area contributed by atoms with Crippen LogP contribution in [0.2, 0.25) is 0 Å². The molecule has 1 aliphatic carbocycles. The number of hydrogen-bond acceptors (Lipinski definition) is 2. The van der Waals surface area contributed by atoms with E-state index in [-0.39, 0.29) is 0 Å². The Balaban J connectivity index is 2.61. The first kappa shape index (κ1) is 14.0. The molecule has 1 rings (SSSR count). The van der Waals surface area contributed by atoms with Crippen molar-refractivity contribution >= 4 is 0 Å². The zero-order valence-corrected chi connectivity index (χ0v) is 11.5. The van der Waals surface area contributed by atoms with Crippen LogP contribution in [0.1, 0.15) is 52.4 Å². The van der Waals surface area contributed by atoms with Crippen LogP contribution in [0.25, 0.3) is 0 Å². The maximum Gasteiger partial charge on any atom is 0.00499 e. The lowest BCUT2D eigenvalue weighted by Crippen LogP contribution is -2.43. The van der Waals surface area contributed by atoms with Gasteiger partial charge in [-0.25, -0.2) is 0 Å². The molecule has 16 heavy (non-hydrogen) atoms. The molecule has 0 spiro atoms. The number of nitrogens with one attached hydrogen (secondary N) is 1. The van der Waals surface area contributed by atoms with Gasteiger partial charge in [0.1, 0.15) is 0 Å². The number of rotatable bonds is 6. The third-order valence-corrected chi connectivity index (χ3v) is 4.17. The van der Waals surface area contributed by atoms with Crippen molar-refractivity contribution in [1.82, 2.24) is 10.2 Å². The minimum Gasteiger partial charge on any atom is -0.319 e. The van der Waals surface area contributed by atoms with Crippen molar-refractivity contribution in [3.63, 3.8) is 0 Å². The largest absolute Gasteiger partial charge is 0.319 e. The van der Waals surface area contributed by atoms with Gasteiger partial charge in [-0.05, 0) is 38.4 Å². The van der Waals surface area contributed by atoms with E-state index in [1.807, 2.05) is 0 Å². The molecule has 0 heterocycles. The molecule has 0 bridgehead atoms. The molecule has 0 radical (unpaired) electrons. The molecule has 0 atom stereocenters. The van der Waals surface area contributed by atoms with Crippen LogP contribution in [-0.2, 0) is 0 Å². The van der Waals surface area contributed by atoms with Gasteiger partial charge in [-0.15, -0.1) is 0 Å². The van der Waals surface area contributed by atoms with E-state index in [2.05, 4.69) is 31.1 Å². The molecule has 1 saturated carbocycles. The van der Waals surface area contributed by atoms with E-state index in [9.17, 15) is 0 Å². The Morgan fingerprint density at radius 1 is 1.00 bits per heavy atom. The fraction of sp³-hybridized carbons (Fsp3) is 1.00. The topological polar surface area (TPSA) is 15.3 Å². The molecule has 1 N–H and O–H groups in total. The van der Waals surface area contributed by atoms with E-state index in [4.69, 9.17) is 0 Å². The molecule has 1 aliphatic rings. The first-order valence-electron chi connectivity index (χ1n) is 7.13. The Labute approximate surface area is 102 Å². The van der Waals surface area contributed by atoms with E-state index in [0.29, 0.717) is 5.41 Å². The smallest absolute Gasteiger partial charge is 0.00499 e. The molecule has 96 valence electrons. The van der Waals surface area contributed by atoms with E-state index in [1.165, 1.54) is 64.7 Å². The Hall–Kier alpha value is -0.0800. The fourth-order valence-electron chi connectivity index (χ4n) is 3.17. The standard InChI is InChI=1S/C14H30N2/c1-4-16(5-2)13-14(12-15-3)10-8-6-7-9-11-14/h15H,4-13H2,1-3H3. The van der Waals surface area contributed by atoms with Crippen molar-refractivity contribution in [2.45, 2.75) is 52.4 Å². The van der Waals surface area contributed by atoms with E-state index in [0.717, 1.165) is 0 Å². The number of nitrogens with zero attached hydrogens (tertiary/aromatic N) is 1. The van der Waals surface area contributed by atoms with Crippen LogP contribution in [0.4, 0.5) is 0 Å². The summed E-state index contributed by atoms with van der Waals surface area (Å²) in [6, 6.07) is 0. The minimum atomic E-state index is 0.553. The fourth-order valence-corrected chi connectivity index (χ4v) is 3.17. The molecule has 2 heteroatoms. The molecular weight excluding hydrogens is 196 g/mol. The van der Waals surface area contributed by atoms with E-state index < -0.39 is 0 Å². The van der Waals surface area contributed by atoms with Crippen LogP contribution in [0.15, 0.2) is 0 Å². The summed E-state index contributed by atoms with van der Waals surface area (Å²) in [5.41, 5.74) is 0.553. The Bertz CT molecular complexity index is 168. The molecule has 0 aromatic carbocycles. The highest BCUT2D eigenvalue weighted by Crippen LogP contribution is 2.35. The van der Waals surface area contributed by atoms with Gasteiger partial charge in [0.25, 0.3) is 0 Å². The molecule has 0 saturated heterocycles. The minimum absolute atomic E-state index is 0.553. The third kappa shape index (κ3) is 4.06. The summed E-state index contributed by atoms with van der Waals surface area (Å²) < 4.78 is 0. The van der Waals surface area contributed by atoms with Gasteiger partial charge in [-0.1, -0.05) is 39.5 Å². The highest BCUT2D eigenvalue weighted by Gasteiger charge is 2.31. The lowest BCUT2D eigenvalue weighted by molar-refractivity contribution is 0.137. The monoisotopic (exact) mass is 226 g/mol. The maximum atomic E-state index is 3.43. The van der Waals surface area contributed by atoms with Gasteiger partial charge in [-0.3, -0.25) is 0 Å². The molecular formula is C14H30N2. The average Bonchev–Trinajstić information content (AvgIpc) is 2.53. The first-order chi connectivity index (χ1) is 7.76. The van der Waals surface area contributed by atoms with Gasteiger partial charge < -0.3 is 10.2 Å². The Kier molecular flexibility index (Phi) is 6.37. The van der Waals surface area contributed by atoms with Gasteiger partial charge in [0.15, 0.2) is 0 Å². The van der Waals surface area contributed by atoms with E-state index >= 15 is 0 Å². The molecule has 0 amide bonds. The lowest BCUT2D eigenvalue weighted by Gasteiger charge is -2.37. The highest BCUT2D eigenvalue weighted by molar-refractivity contribution is 4.86. The second-order valence-corrected chi connectivity index (χ2v) is 5.41. The predicted octanol–water partition coefficient (Wildman–Crippen LogP) is 2.89. The van der Waals surface area contributed by atoms with E-state index in [1.54, 1.807) is 0 Å². The van der Waals surface area contributed by atoms with Crippen molar-refractivity contribution in [2.24, 2.45) is 5.41 Å². The average molecular weight is 226 g/mol. The number of hydrogen-bond donors (Lipinski definition) is 1. The van der Waals surface area contributed by atoms with Crippen LogP contribution < -0.4 is 5.32 Å². The molecule has 2 nitrogen and oxygen atoms in total. The molecule has 0 aliphatic heterocycles. The van der Waals surface area contributed by atoms with Crippen LogP contribution >= 0.6 is 0 Å². The Morgan fingerprint density at radius 2 is 1.56 bits per heavy atom. The van der Waals surface area contributed by atoms with Gasteiger partial charge in [0.05, 0.1) is 0 Å². The third-order valence-electron chi connectivity index (χ3n) is 4.17. The summed E-state index contributed by atoms with van der Waals surface area (Å²) in [7, 11) is 2.11. The molecule has 0 unspecified atom stereocenters. The van der Waals surface area contributed by atoms with Crippen molar-refractivity contribution in [1.29, 1.82) is 0 Å². The second-order valence-electron chi connectivity index (χ2n) is 5.41. The molecule has 0 aromatic rings. The van der Waals surface area contributed by atoms with Crippen molar-refractivity contribution in [2.75, 3.05) is 33.2 Å². The maximum absolute atomic E-state index is 3.43. The van der Waals surface area contributed by atoms with Gasteiger partial charge in [0, 0.05) is 13.1 Å². The summed E-state index contributed by atoms with van der Waals surface area (Å²) in [4.78, 5) is 2.60. The normalized spacial score (nSPS) is 21.0. The van der Waals surface area contributed by atoms with Crippen LogP contribution in [0, 0.1) is 5.41 Å². The summed E-state index contributed by atoms with van der Waals surface area (Å²) >= 11 is 0. The SMILES string of the molecule is CCN(CC)CC1(CNC)CCCCCC1. The zero-order chi connectivity index (χ0) is 11.9. The van der Waals surface area contributed by atoms with Crippen LogP contribution in [0.3, 0.4) is 0 Å². The van der Waals surface area contributed by atoms with Crippen molar-refractivity contribution in [3.05, 3.63) is 0 Å². The quantitative estimate of drug-likeness (QED) is 0.701. The zero-order valence-electron chi connectivity index (χ0n) is 11.5. The highest BCUT2D eigenvalue weighted by atomic mass is 15.1. The predicted molar refractivity (Wildman–Crippen MR) is 71.8 cm³/mol. The molecule has 0 aromatic heterocycles. The first-order valence-corrected chi connectivity index (χ1v) is 7.13. The summed E-state index contributed by atoms with van der Waals surface area (Å²) in [6.07, 6.45) is 8.61. The van der Waals surface area contributed by atoms with Crippen molar-refractivity contribution in [3.8, 4) is 0 Å².